The second-order valence-corrected chi connectivity index (χ2v) is 3.85. The van der Waals surface area contributed by atoms with E-state index in [9.17, 15) is 4.79 Å². The molecule has 0 atom stereocenters. The minimum Gasteiger partial charge on any atom is -0.324 e. The molecule has 1 N–H and O–H groups in total. The molecule has 1 amide bonds. The number of hydrogen-bond donors (Lipinski definition) is 1. The Labute approximate surface area is 76.8 Å². The van der Waals surface area contributed by atoms with E-state index in [1.807, 2.05) is 12.1 Å². The zero-order valence-electron chi connectivity index (χ0n) is 6.76. The van der Waals surface area contributed by atoms with Crippen LogP contribution in [-0.4, -0.2) is 11.7 Å². The highest BCUT2D eigenvalue weighted by Crippen LogP contribution is 2.31. The molecule has 0 bridgehead atoms. The Morgan fingerprint density at radius 3 is 3.25 bits per heavy atom. The van der Waals surface area contributed by atoms with Crippen molar-refractivity contribution in [3.05, 3.63) is 23.8 Å². The number of hydrogen-bond acceptors (Lipinski definition) is 2. The summed E-state index contributed by atoms with van der Waals surface area (Å²) in [4.78, 5) is 12.2. The average Bonchev–Trinajstić information content (AvgIpc) is 2.05. The van der Waals surface area contributed by atoms with Gasteiger partial charge < -0.3 is 5.32 Å². The minimum atomic E-state index is 0. The van der Waals surface area contributed by atoms with Gasteiger partial charge in [-0.2, -0.15) is 0 Å². The molecule has 64 valence electrons. The molecule has 0 saturated heterocycles. The first kappa shape index (κ1) is 7.68. The molecule has 1 aromatic rings. The third-order valence-corrected chi connectivity index (χ3v) is 2.83. The molecule has 2 rings (SSSR count). The molecule has 3 heteroatoms. The molecule has 0 fully saturated rings. The van der Waals surface area contributed by atoms with Gasteiger partial charge >= 0.3 is 0 Å². The van der Waals surface area contributed by atoms with Crippen molar-refractivity contribution in [2.45, 2.75) is 11.8 Å². The van der Waals surface area contributed by atoms with E-state index in [0.29, 0.717) is 5.75 Å². The van der Waals surface area contributed by atoms with Gasteiger partial charge in [0.1, 0.15) is 0 Å². The topological polar surface area (TPSA) is 29.1 Å². The number of carbonyl (C=O) groups excluding carboxylic acids is 1. The van der Waals surface area contributed by atoms with E-state index in [2.05, 4.69) is 18.3 Å². The molecule has 0 spiro atoms. The van der Waals surface area contributed by atoms with Crippen LogP contribution < -0.4 is 5.32 Å². The van der Waals surface area contributed by atoms with Gasteiger partial charge in [-0.25, -0.2) is 0 Å². The van der Waals surface area contributed by atoms with Gasteiger partial charge in [0.15, 0.2) is 0 Å². The lowest BCUT2D eigenvalue weighted by Crippen LogP contribution is -2.18. The van der Waals surface area contributed by atoms with Crippen molar-refractivity contribution in [3.8, 4) is 0 Å². The zero-order valence-corrected chi connectivity index (χ0v) is 7.57. The number of fused-ring (bicyclic) bond motifs is 1. The molecular weight excluding hydrogens is 170 g/mol. The second kappa shape index (κ2) is 2.83. The lowest BCUT2D eigenvalue weighted by molar-refractivity contribution is -0.113. The van der Waals surface area contributed by atoms with Crippen LogP contribution in [0.25, 0.3) is 0 Å². The predicted octanol–water partition coefficient (Wildman–Crippen LogP) is 2.29. The Hall–Kier alpha value is -0.960. The molecule has 1 aromatic carbocycles. The monoisotopic (exact) mass is 181 g/mol. The fourth-order valence-electron chi connectivity index (χ4n) is 1.18. The quantitative estimate of drug-likeness (QED) is 0.665. The number of anilines is 1. The number of carbonyl (C=O) groups is 1. The Morgan fingerprint density at radius 1 is 1.58 bits per heavy atom. The summed E-state index contributed by atoms with van der Waals surface area (Å²) >= 11 is 1.60. The van der Waals surface area contributed by atoms with E-state index in [1.54, 1.807) is 11.8 Å². The molecule has 0 radical (unpaired) electrons. The number of aryl methyl sites for hydroxylation is 1. The Bertz CT molecular complexity index is 340. The third kappa shape index (κ3) is 1.32. The molecular formula is C9H11NOS. The van der Waals surface area contributed by atoms with E-state index in [-0.39, 0.29) is 7.33 Å². The van der Waals surface area contributed by atoms with Crippen molar-refractivity contribution >= 4 is 23.4 Å². The SMILES string of the molecule is Cc1ccc2c(c1)SCC(=O)N2.[HH]. The van der Waals surface area contributed by atoms with Gasteiger partial charge in [-0.15, -0.1) is 11.8 Å². The van der Waals surface area contributed by atoms with Crippen LogP contribution in [0.5, 0.6) is 0 Å². The second-order valence-electron chi connectivity index (χ2n) is 2.84. The largest absolute Gasteiger partial charge is 0.324 e. The van der Waals surface area contributed by atoms with Gasteiger partial charge in [-0.3, -0.25) is 4.79 Å². The highest BCUT2D eigenvalue weighted by Gasteiger charge is 2.14. The fourth-order valence-corrected chi connectivity index (χ4v) is 2.08. The van der Waals surface area contributed by atoms with Crippen molar-refractivity contribution in [1.82, 2.24) is 0 Å². The first-order chi connectivity index (χ1) is 5.75. The third-order valence-electron chi connectivity index (χ3n) is 1.77. The van der Waals surface area contributed by atoms with Crippen LogP contribution in [0.2, 0.25) is 0 Å². The molecule has 1 heterocycles. The number of benzene rings is 1. The fraction of sp³-hybridized carbons (Fsp3) is 0.222. The molecule has 2 nitrogen and oxygen atoms in total. The summed E-state index contributed by atoms with van der Waals surface area (Å²) in [6.45, 7) is 2.05. The van der Waals surface area contributed by atoms with E-state index < -0.39 is 0 Å². The zero-order chi connectivity index (χ0) is 8.55. The lowest BCUT2D eigenvalue weighted by atomic mass is 10.2. The first-order valence-corrected chi connectivity index (χ1v) is 4.77. The van der Waals surface area contributed by atoms with Gasteiger partial charge in [-0.05, 0) is 24.6 Å². The number of amides is 1. The maximum atomic E-state index is 11.0. The minimum absolute atomic E-state index is 0. The van der Waals surface area contributed by atoms with E-state index >= 15 is 0 Å². The summed E-state index contributed by atoms with van der Waals surface area (Å²) in [5, 5.41) is 2.83. The van der Waals surface area contributed by atoms with Crippen LogP contribution in [0.4, 0.5) is 5.69 Å². The standard InChI is InChI=1S/C9H9NOS.H2/c1-6-2-3-7-8(4-6)12-5-9(11)10-7;/h2-4H,5H2,1H3,(H,10,11);1H. The van der Waals surface area contributed by atoms with Crippen LogP contribution >= 0.6 is 11.8 Å². The average molecular weight is 181 g/mol. The van der Waals surface area contributed by atoms with E-state index in [0.717, 1.165) is 5.69 Å². The van der Waals surface area contributed by atoms with Crippen molar-refractivity contribution < 1.29 is 6.22 Å². The molecule has 0 saturated carbocycles. The van der Waals surface area contributed by atoms with E-state index in [4.69, 9.17) is 0 Å². The number of nitrogens with one attached hydrogen (secondary N) is 1. The Morgan fingerprint density at radius 2 is 2.42 bits per heavy atom. The van der Waals surface area contributed by atoms with E-state index in [1.165, 1.54) is 10.5 Å². The molecule has 1 aliphatic rings. The van der Waals surface area contributed by atoms with Crippen LogP contribution in [0, 0.1) is 6.92 Å². The highest BCUT2D eigenvalue weighted by molar-refractivity contribution is 8.00. The summed E-state index contributed by atoms with van der Waals surface area (Å²) in [6, 6.07) is 6.05. The number of rotatable bonds is 0. The molecule has 12 heavy (non-hydrogen) atoms. The van der Waals surface area contributed by atoms with Crippen molar-refractivity contribution in [2.75, 3.05) is 11.1 Å². The summed E-state index contributed by atoms with van der Waals surface area (Å²) in [6.07, 6.45) is 0. The maximum absolute atomic E-state index is 11.0. The summed E-state index contributed by atoms with van der Waals surface area (Å²) < 4.78 is 0. The summed E-state index contributed by atoms with van der Waals surface area (Å²) in [7, 11) is 0. The first-order valence-electron chi connectivity index (χ1n) is 3.79. The molecule has 0 aliphatic carbocycles. The Balaban J connectivity index is 0.000000845. The highest BCUT2D eigenvalue weighted by atomic mass is 32.2. The lowest BCUT2D eigenvalue weighted by Gasteiger charge is -2.15. The van der Waals surface area contributed by atoms with Crippen LogP contribution in [-0.2, 0) is 4.79 Å². The van der Waals surface area contributed by atoms with Crippen molar-refractivity contribution in [3.63, 3.8) is 0 Å². The number of thioether (sulfide) groups is 1. The normalized spacial score (nSPS) is 15.2. The summed E-state index contributed by atoms with van der Waals surface area (Å²) in [5.41, 5.74) is 2.18. The molecule has 1 aliphatic heterocycles. The van der Waals surface area contributed by atoms with Gasteiger partial charge in [0, 0.05) is 6.32 Å². The summed E-state index contributed by atoms with van der Waals surface area (Å²) in [5.74, 6) is 0.632. The van der Waals surface area contributed by atoms with Gasteiger partial charge in [0.25, 0.3) is 0 Å². The van der Waals surface area contributed by atoms with Crippen LogP contribution in [0.1, 0.15) is 6.99 Å². The predicted molar refractivity (Wildman–Crippen MR) is 52.6 cm³/mol. The molecule has 0 aromatic heterocycles. The van der Waals surface area contributed by atoms with Crippen molar-refractivity contribution in [1.29, 1.82) is 0 Å². The maximum Gasteiger partial charge on any atom is 0.234 e. The van der Waals surface area contributed by atoms with Gasteiger partial charge in [-0.1, -0.05) is 6.07 Å². The van der Waals surface area contributed by atoms with Gasteiger partial charge in [0.2, 0.25) is 5.91 Å². The van der Waals surface area contributed by atoms with Crippen LogP contribution in [0.15, 0.2) is 23.1 Å². The van der Waals surface area contributed by atoms with Gasteiger partial charge in [0.05, 0.1) is 11.4 Å². The molecule has 0 unspecified atom stereocenters. The van der Waals surface area contributed by atoms with Crippen LogP contribution in [0.3, 0.4) is 0 Å². The smallest absolute Gasteiger partial charge is 0.234 e. The van der Waals surface area contributed by atoms with Crippen molar-refractivity contribution in [2.24, 2.45) is 0 Å². The Kier molecular flexibility index (Phi) is 1.81.